The van der Waals surface area contributed by atoms with Crippen molar-refractivity contribution in [2.75, 3.05) is 6.54 Å². The maximum atomic E-state index is 12.7. The third kappa shape index (κ3) is 3.50. The van der Waals surface area contributed by atoms with E-state index in [0.717, 1.165) is 5.56 Å². The van der Waals surface area contributed by atoms with Crippen LogP contribution in [0, 0.1) is 19.3 Å². The molecule has 0 aliphatic rings. The summed E-state index contributed by atoms with van der Waals surface area (Å²) in [6.45, 7) is 2.69. The van der Waals surface area contributed by atoms with Crippen LogP contribution >= 0.6 is 11.3 Å². The lowest BCUT2D eigenvalue weighted by atomic mass is 10.1. The molecule has 1 amide bonds. The van der Waals surface area contributed by atoms with Crippen molar-refractivity contribution in [1.82, 2.24) is 25.1 Å². The first kappa shape index (κ1) is 15.9. The summed E-state index contributed by atoms with van der Waals surface area (Å²) in [6.07, 6.45) is 6.82. The van der Waals surface area contributed by atoms with Crippen LogP contribution in [0.4, 0.5) is 0 Å². The first-order valence-electron chi connectivity index (χ1n) is 7.27. The molecule has 3 rings (SSSR count). The van der Waals surface area contributed by atoms with Crippen LogP contribution in [-0.2, 0) is 6.54 Å². The number of amides is 1. The van der Waals surface area contributed by atoms with Crippen LogP contribution in [0.5, 0.6) is 0 Å². The van der Waals surface area contributed by atoms with Gasteiger partial charge in [-0.3, -0.25) is 9.89 Å². The lowest BCUT2D eigenvalue weighted by Crippen LogP contribution is -2.31. The molecule has 6 nitrogen and oxygen atoms in total. The molecule has 24 heavy (non-hydrogen) atoms. The Kier molecular flexibility index (Phi) is 4.68. The lowest BCUT2D eigenvalue weighted by molar-refractivity contribution is 0.0761. The number of aryl methyl sites for hydroxylation is 1. The van der Waals surface area contributed by atoms with E-state index in [4.69, 9.17) is 6.42 Å². The van der Waals surface area contributed by atoms with Gasteiger partial charge in [-0.15, -0.1) is 17.8 Å². The van der Waals surface area contributed by atoms with Crippen LogP contribution in [0.25, 0.3) is 10.8 Å². The van der Waals surface area contributed by atoms with Crippen LogP contribution in [0.3, 0.4) is 0 Å². The molecule has 0 aliphatic heterocycles. The summed E-state index contributed by atoms with van der Waals surface area (Å²) in [5.74, 6) is 2.88. The van der Waals surface area contributed by atoms with Gasteiger partial charge in [0.15, 0.2) is 10.8 Å². The largest absolute Gasteiger partial charge is 0.322 e. The number of benzene rings is 1. The van der Waals surface area contributed by atoms with Gasteiger partial charge in [-0.2, -0.15) is 5.10 Å². The summed E-state index contributed by atoms with van der Waals surface area (Å²) in [5, 5.41) is 8.85. The minimum absolute atomic E-state index is 0.199. The summed E-state index contributed by atoms with van der Waals surface area (Å²) < 4.78 is 0. The second kappa shape index (κ2) is 7.06. The first-order valence-corrected chi connectivity index (χ1v) is 8.15. The molecule has 0 spiro atoms. The summed E-state index contributed by atoms with van der Waals surface area (Å²) in [6, 6.07) is 8.01. The van der Waals surface area contributed by atoms with Crippen LogP contribution in [0.1, 0.15) is 21.6 Å². The van der Waals surface area contributed by atoms with Crippen molar-refractivity contribution in [2.24, 2.45) is 0 Å². The van der Waals surface area contributed by atoms with E-state index < -0.39 is 0 Å². The number of terminal acetylenes is 1. The first-order chi connectivity index (χ1) is 11.7. The molecule has 2 aromatic heterocycles. The van der Waals surface area contributed by atoms with E-state index in [2.05, 4.69) is 26.1 Å². The number of carbonyl (C=O) groups excluding carboxylic acids is 1. The number of rotatable bonds is 5. The van der Waals surface area contributed by atoms with Gasteiger partial charge in [-0.05, 0) is 12.5 Å². The molecule has 0 saturated heterocycles. The number of H-pyrrole nitrogens is 1. The van der Waals surface area contributed by atoms with Gasteiger partial charge < -0.3 is 4.90 Å². The Balaban J connectivity index is 1.79. The van der Waals surface area contributed by atoms with Crippen molar-refractivity contribution >= 4 is 17.2 Å². The molecule has 7 heteroatoms. The van der Waals surface area contributed by atoms with E-state index >= 15 is 0 Å². The minimum Gasteiger partial charge on any atom is -0.322 e. The normalized spacial score (nSPS) is 10.3. The molecule has 0 saturated carbocycles. The zero-order valence-electron chi connectivity index (χ0n) is 13.1. The number of thiazole rings is 1. The number of hydrogen-bond donors (Lipinski definition) is 1. The van der Waals surface area contributed by atoms with E-state index in [-0.39, 0.29) is 12.5 Å². The third-order valence-corrected chi connectivity index (χ3v) is 4.25. The van der Waals surface area contributed by atoms with Gasteiger partial charge in [0.1, 0.15) is 12.0 Å². The lowest BCUT2D eigenvalue weighted by Gasteiger charge is -2.19. The molecule has 0 atom stereocenters. The molecule has 1 aromatic carbocycles. The Morgan fingerprint density at radius 2 is 2.17 bits per heavy atom. The maximum Gasteiger partial charge on any atom is 0.274 e. The molecule has 0 radical (unpaired) electrons. The van der Waals surface area contributed by atoms with Crippen LogP contribution in [0.15, 0.2) is 36.0 Å². The summed E-state index contributed by atoms with van der Waals surface area (Å²) in [5.41, 5.74) is 2.55. The van der Waals surface area contributed by atoms with E-state index in [1.165, 1.54) is 23.2 Å². The van der Waals surface area contributed by atoms with E-state index in [9.17, 15) is 4.79 Å². The van der Waals surface area contributed by atoms with Gasteiger partial charge in [0.2, 0.25) is 0 Å². The highest BCUT2D eigenvalue weighted by Crippen LogP contribution is 2.21. The van der Waals surface area contributed by atoms with E-state index in [1.54, 1.807) is 10.3 Å². The van der Waals surface area contributed by atoms with Gasteiger partial charge >= 0.3 is 0 Å². The molecular formula is C17H15N5OS. The highest BCUT2D eigenvalue weighted by atomic mass is 32.1. The third-order valence-electron chi connectivity index (χ3n) is 3.40. The summed E-state index contributed by atoms with van der Waals surface area (Å²) in [4.78, 5) is 22.7. The summed E-state index contributed by atoms with van der Waals surface area (Å²) >= 11 is 1.34. The Labute approximate surface area is 143 Å². The Morgan fingerprint density at radius 3 is 2.83 bits per heavy atom. The molecule has 1 N–H and O–H groups in total. The Morgan fingerprint density at radius 1 is 1.38 bits per heavy atom. The topological polar surface area (TPSA) is 74.8 Å². The van der Waals surface area contributed by atoms with Gasteiger partial charge in [0, 0.05) is 11.9 Å². The molecule has 120 valence electrons. The fraction of sp³-hybridized carbons (Fsp3) is 0.176. The van der Waals surface area contributed by atoms with Gasteiger partial charge in [-0.1, -0.05) is 35.7 Å². The van der Waals surface area contributed by atoms with E-state index in [0.29, 0.717) is 23.1 Å². The molecule has 2 heterocycles. The second-order valence-corrected chi connectivity index (χ2v) is 6.08. The highest BCUT2D eigenvalue weighted by Gasteiger charge is 2.19. The molecule has 0 fully saturated rings. The minimum atomic E-state index is -0.199. The summed E-state index contributed by atoms with van der Waals surface area (Å²) in [7, 11) is 0. The van der Waals surface area contributed by atoms with Crippen molar-refractivity contribution in [3.05, 3.63) is 52.8 Å². The highest BCUT2D eigenvalue weighted by molar-refractivity contribution is 7.13. The van der Waals surface area contributed by atoms with Crippen LogP contribution in [0.2, 0.25) is 0 Å². The molecule has 0 bridgehead atoms. The predicted molar refractivity (Wildman–Crippen MR) is 92.2 cm³/mol. The number of hydrogen-bond acceptors (Lipinski definition) is 5. The van der Waals surface area contributed by atoms with Gasteiger partial charge in [0.05, 0.1) is 6.54 Å². The Bertz CT molecular complexity index is 861. The van der Waals surface area contributed by atoms with Crippen molar-refractivity contribution in [3.8, 4) is 23.2 Å². The van der Waals surface area contributed by atoms with Crippen molar-refractivity contribution in [3.63, 3.8) is 0 Å². The second-order valence-electron chi connectivity index (χ2n) is 5.22. The van der Waals surface area contributed by atoms with Crippen LogP contribution in [-0.4, -0.2) is 37.5 Å². The zero-order chi connectivity index (χ0) is 16.9. The number of aromatic amines is 1. The van der Waals surface area contributed by atoms with Crippen molar-refractivity contribution in [2.45, 2.75) is 13.5 Å². The number of nitrogens with zero attached hydrogens (tertiary/aromatic N) is 4. The number of carbonyl (C=O) groups is 1. The standard InChI is InChI=1S/C17H15N5OS/c1-3-8-22(9-13-6-4-12(2)5-7-13)17(23)14-10-24-16(20-14)15-18-11-19-21-15/h1,4-7,10-11H,8-9H2,2H3,(H,18,19,21). The van der Waals surface area contributed by atoms with Crippen molar-refractivity contribution in [1.29, 1.82) is 0 Å². The molecule has 3 aromatic rings. The number of aromatic nitrogens is 4. The molecule has 0 aliphatic carbocycles. The quantitative estimate of drug-likeness (QED) is 0.726. The maximum absolute atomic E-state index is 12.7. The van der Waals surface area contributed by atoms with E-state index in [1.807, 2.05) is 31.2 Å². The molecule has 0 unspecified atom stereocenters. The molecular weight excluding hydrogens is 322 g/mol. The number of nitrogens with one attached hydrogen (secondary N) is 1. The Hall–Kier alpha value is -2.98. The monoisotopic (exact) mass is 337 g/mol. The predicted octanol–water partition coefficient (Wildman–Crippen LogP) is 2.51. The average Bonchev–Trinajstić information content (AvgIpc) is 3.27. The van der Waals surface area contributed by atoms with Crippen LogP contribution < -0.4 is 0 Å². The average molecular weight is 337 g/mol. The zero-order valence-corrected chi connectivity index (χ0v) is 13.9. The van der Waals surface area contributed by atoms with Gasteiger partial charge in [-0.25, -0.2) is 9.97 Å². The van der Waals surface area contributed by atoms with Gasteiger partial charge in [0.25, 0.3) is 5.91 Å². The fourth-order valence-corrected chi connectivity index (χ4v) is 2.91. The SMILES string of the molecule is C#CCN(Cc1ccc(C)cc1)C(=O)c1csc(-c2ncn[nH]2)n1. The fourth-order valence-electron chi connectivity index (χ4n) is 2.17. The smallest absolute Gasteiger partial charge is 0.274 e. The van der Waals surface area contributed by atoms with Crippen molar-refractivity contribution < 1.29 is 4.79 Å².